The molecule has 1 saturated heterocycles. The van der Waals surface area contributed by atoms with E-state index < -0.39 is 0 Å². The van der Waals surface area contributed by atoms with Crippen molar-refractivity contribution >= 4 is 23.4 Å². The van der Waals surface area contributed by atoms with E-state index in [1.165, 1.54) is 0 Å². The predicted molar refractivity (Wildman–Crippen MR) is 95.3 cm³/mol. The molecule has 7 heteroatoms. The number of carbonyl (C=O) groups is 2. The highest BCUT2D eigenvalue weighted by atomic mass is 35.5. The SMILES string of the molecule is O=C(NCc1ccccc1Cl)C1CN(C(=O)c2ccc3c(c2)OCO3)C1. The van der Waals surface area contributed by atoms with Gasteiger partial charge in [0.05, 0.1) is 5.92 Å². The molecule has 134 valence electrons. The lowest BCUT2D eigenvalue weighted by molar-refractivity contribution is -0.129. The van der Waals surface area contributed by atoms with Crippen molar-refractivity contribution in [3.8, 4) is 11.5 Å². The molecular formula is C19H17ClN2O4. The smallest absolute Gasteiger partial charge is 0.254 e. The molecule has 0 aromatic heterocycles. The predicted octanol–water partition coefficient (Wildman–Crippen LogP) is 2.46. The van der Waals surface area contributed by atoms with Crippen LogP contribution in [-0.4, -0.2) is 36.6 Å². The van der Waals surface area contributed by atoms with Crippen molar-refractivity contribution in [1.29, 1.82) is 0 Å². The van der Waals surface area contributed by atoms with Gasteiger partial charge < -0.3 is 19.7 Å². The molecule has 2 amide bonds. The van der Waals surface area contributed by atoms with Gasteiger partial charge in [-0.2, -0.15) is 0 Å². The van der Waals surface area contributed by atoms with Crippen molar-refractivity contribution in [2.75, 3.05) is 19.9 Å². The number of amides is 2. The van der Waals surface area contributed by atoms with Crippen LogP contribution >= 0.6 is 11.6 Å². The van der Waals surface area contributed by atoms with Gasteiger partial charge in [0.1, 0.15) is 0 Å². The number of benzene rings is 2. The molecule has 2 aliphatic rings. The van der Waals surface area contributed by atoms with Crippen LogP contribution in [0.15, 0.2) is 42.5 Å². The van der Waals surface area contributed by atoms with Crippen LogP contribution in [-0.2, 0) is 11.3 Å². The summed E-state index contributed by atoms with van der Waals surface area (Å²) in [6, 6.07) is 12.5. The molecule has 0 aliphatic carbocycles. The van der Waals surface area contributed by atoms with E-state index in [1.54, 1.807) is 29.2 Å². The Balaban J connectivity index is 1.30. The highest BCUT2D eigenvalue weighted by Gasteiger charge is 2.36. The third-order valence-electron chi connectivity index (χ3n) is 4.57. The van der Waals surface area contributed by atoms with E-state index in [4.69, 9.17) is 21.1 Å². The maximum Gasteiger partial charge on any atom is 0.254 e. The van der Waals surface area contributed by atoms with E-state index in [2.05, 4.69) is 5.32 Å². The lowest BCUT2D eigenvalue weighted by atomic mass is 9.97. The van der Waals surface area contributed by atoms with Crippen molar-refractivity contribution in [1.82, 2.24) is 10.2 Å². The highest BCUT2D eigenvalue weighted by Crippen LogP contribution is 2.33. The van der Waals surface area contributed by atoms with Crippen molar-refractivity contribution in [3.05, 3.63) is 58.6 Å². The number of carbonyl (C=O) groups excluding carboxylic acids is 2. The summed E-state index contributed by atoms with van der Waals surface area (Å²) in [5, 5.41) is 3.50. The van der Waals surface area contributed by atoms with E-state index in [9.17, 15) is 9.59 Å². The molecule has 2 heterocycles. The Morgan fingerprint density at radius 1 is 1.12 bits per heavy atom. The first-order valence-electron chi connectivity index (χ1n) is 8.32. The molecule has 0 saturated carbocycles. The third kappa shape index (κ3) is 3.20. The normalized spacial score (nSPS) is 15.5. The van der Waals surface area contributed by atoms with E-state index in [1.807, 2.05) is 18.2 Å². The van der Waals surface area contributed by atoms with Gasteiger partial charge in [-0.3, -0.25) is 9.59 Å². The van der Waals surface area contributed by atoms with Crippen LogP contribution < -0.4 is 14.8 Å². The van der Waals surface area contributed by atoms with Crippen molar-refractivity contribution in [2.24, 2.45) is 5.92 Å². The van der Waals surface area contributed by atoms with Gasteiger partial charge in [-0.1, -0.05) is 29.8 Å². The molecule has 0 bridgehead atoms. The molecule has 2 aliphatic heterocycles. The second kappa shape index (κ2) is 6.88. The standard InChI is InChI=1S/C19H17ClN2O4/c20-15-4-2-1-3-13(15)8-21-18(23)14-9-22(10-14)19(24)12-5-6-16-17(7-12)26-11-25-16/h1-7,14H,8-11H2,(H,21,23). The summed E-state index contributed by atoms with van der Waals surface area (Å²) in [6.07, 6.45) is 0. The van der Waals surface area contributed by atoms with Crippen LogP contribution in [0.2, 0.25) is 5.02 Å². The zero-order valence-corrected chi connectivity index (χ0v) is 14.7. The number of hydrogen-bond acceptors (Lipinski definition) is 4. The van der Waals surface area contributed by atoms with Crippen molar-refractivity contribution < 1.29 is 19.1 Å². The molecule has 2 aromatic carbocycles. The lowest BCUT2D eigenvalue weighted by Gasteiger charge is -2.38. The first-order valence-corrected chi connectivity index (χ1v) is 8.69. The van der Waals surface area contributed by atoms with Crippen LogP contribution in [0.25, 0.3) is 0 Å². The monoisotopic (exact) mass is 372 g/mol. The maximum atomic E-state index is 12.5. The zero-order valence-electron chi connectivity index (χ0n) is 13.9. The zero-order chi connectivity index (χ0) is 18.1. The number of nitrogens with one attached hydrogen (secondary N) is 1. The first-order chi connectivity index (χ1) is 12.6. The highest BCUT2D eigenvalue weighted by molar-refractivity contribution is 6.31. The third-order valence-corrected chi connectivity index (χ3v) is 4.94. The Labute approximate surface area is 155 Å². The second-order valence-corrected chi connectivity index (χ2v) is 6.69. The average molecular weight is 373 g/mol. The fraction of sp³-hybridized carbons (Fsp3) is 0.263. The van der Waals surface area contributed by atoms with Gasteiger partial charge >= 0.3 is 0 Å². The van der Waals surface area contributed by atoms with Gasteiger partial charge in [0.2, 0.25) is 12.7 Å². The molecule has 0 atom stereocenters. The molecule has 0 unspecified atom stereocenters. The quantitative estimate of drug-likeness (QED) is 0.895. The van der Waals surface area contributed by atoms with Crippen LogP contribution in [0.1, 0.15) is 15.9 Å². The van der Waals surface area contributed by atoms with Crippen molar-refractivity contribution in [3.63, 3.8) is 0 Å². The average Bonchev–Trinajstić information content (AvgIpc) is 3.07. The summed E-state index contributed by atoms with van der Waals surface area (Å²) in [6.45, 7) is 1.36. The van der Waals surface area contributed by atoms with Gasteiger partial charge in [0, 0.05) is 30.2 Å². The van der Waals surface area contributed by atoms with E-state index in [-0.39, 0.29) is 24.5 Å². The second-order valence-electron chi connectivity index (χ2n) is 6.28. The van der Waals surface area contributed by atoms with Gasteiger partial charge in [-0.25, -0.2) is 0 Å². The molecule has 1 N–H and O–H groups in total. The van der Waals surface area contributed by atoms with Crippen LogP contribution in [0.3, 0.4) is 0 Å². The van der Waals surface area contributed by atoms with Gasteiger partial charge in [0.15, 0.2) is 11.5 Å². The summed E-state index contributed by atoms with van der Waals surface area (Å²) in [4.78, 5) is 26.4. The first kappa shape index (κ1) is 16.7. The number of likely N-dealkylation sites (tertiary alicyclic amines) is 1. The summed E-state index contributed by atoms with van der Waals surface area (Å²) in [5.41, 5.74) is 1.40. The molecule has 6 nitrogen and oxygen atoms in total. The fourth-order valence-electron chi connectivity index (χ4n) is 2.99. The van der Waals surface area contributed by atoms with Crippen LogP contribution in [0.4, 0.5) is 0 Å². The van der Waals surface area contributed by atoms with Crippen LogP contribution in [0.5, 0.6) is 11.5 Å². The van der Waals surface area contributed by atoms with Gasteiger partial charge in [-0.15, -0.1) is 0 Å². The fourth-order valence-corrected chi connectivity index (χ4v) is 3.19. The topological polar surface area (TPSA) is 67.9 Å². The molecule has 2 aromatic rings. The molecular weight excluding hydrogens is 356 g/mol. The summed E-state index contributed by atoms with van der Waals surface area (Å²) >= 11 is 6.08. The lowest BCUT2D eigenvalue weighted by Crippen LogP contribution is -2.55. The number of fused-ring (bicyclic) bond motifs is 1. The Kier molecular flexibility index (Phi) is 4.42. The van der Waals surface area contributed by atoms with Gasteiger partial charge in [-0.05, 0) is 29.8 Å². The number of halogens is 1. The molecule has 4 rings (SSSR count). The maximum absolute atomic E-state index is 12.5. The number of hydrogen-bond donors (Lipinski definition) is 1. The minimum Gasteiger partial charge on any atom is -0.454 e. The Morgan fingerprint density at radius 3 is 2.69 bits per heavy atom. The van der Waals surface area contributed by atoms with Crippen molar-refractivity contribution in [2.45, 2.75) is 6.54 Å². The minimum absolute atomic E-state index is 0.0698. The number of nitrogens with zero attached hydrogens (tertiary/aromatic N) is 1. The van der Waals surface area contributed by atoms with Crippen LogP contribution in [0, 0.1) is 5.92 Å². The summed E-state index contributed by atoms with van der Waals surface area (Å²) < 4.78 is 10.5. The van der Waals surface area contributed by atoms with Gasteiger partial charge in [0.25, 0.3) is 5.91 Å². The van der Waals surface area contributed by atoms with E-state index >= 15 is 0 Å². The summed E-state index contributed by atoms with van der Waals surface area (Å²) in [7, 11) is 0. The van der Waals surface area contributed by atoms with E-state index in [0.29, 0.717) is 41.7 Å². The number of ether oxygens (including phenoxy) is 2. The largest absolute Gasteiger partial charge is 0.454 e. The molecule has 1 fully saturated rings. The molecule has 0 spiro atoms. The minimum atomic E-state index is -0.199. The summed E-state index contributed by atoms with van der Waals surface area (Å²) in [5.74, 6) is 0.834. The number of rotatable bonds is 4. The Hall–Kier alpha value is -2.73. The van der Waals surface area contributed by atoms with E-state index in [0.717, 1.165) is 5.56 Å². The Bertz CT molecular complexity index is 864. The Morgan fingerprint density at radius 2 is 1.88 bits per heavy atom. The molecule has 26 heavy (non-hydrogen) atoms. The molecule has 0 radical (unpaired) electrons.